The van der Waals surface area contributed by atoms with Crippen LogP contribution in [0.5, 0.6) is 0 Å². The molecule has 0 aliphatic heterocycles. The molecule has 1 amide bonds. The Labute approximate surface area is 183 Å². The van der Waals surface area contributed by atoms with Crippen molar-refractivity contribution in [2.45, 2.75) is 38.8 Å². The highest BCUT2D eigenvalue weighted by molar-refractivity contribution is 5.88. The number of aromatic carboxylic acids is 1. The summed E-state index contributed by atoms with van der Waals surface area (Å²) in [5.74, 6) is -0.546. The number of hydrogen-bond acceptors (Lipinski definition) is 2. The van der Waals surface area contributed by atoms with Crippen LogP contribution in [0.2, 0.25) is 0 Å². The number of carboxylic acids is 1. The van der Waals surface area contributed by atoms with Crippen LogP contribution in [-0.4, -0.2) is 21.9 Å². The Morgan fingerprint density at radius 2 is 1.42 bits per heavy atom. The second-order valence-electron chi connectivity index (χ2n) is 8.24. The van der Waals surface area contributed by atoms with Crippen LogP contribution in [0.3, 0.4) is 0 Å². The Kier molecular flexibility index (Phi) is 6.46. The minimum atomic E-state index is -0.928. The van der Waals surface area contributed by atoms with Crippen molar-refractivity contribution < 1.29 is 14.7 Å². The first-order valence-corrected chi connectivity index (χ1v) is 10.9. The van der Waals surface area contributed by atoms with Crippen LogP contribution in [0.1, 0.15) is 47.2 Å². The lowest BCUT2D eigenvalue weighted by atomic mass is 10.0. The van der Waals surface area contributed by atoms with Gasteiger partial charge in [-0.1, -0.05) is 73.5 Å². The molecule has 1 aliphatic rings. The molecule has 3 aromatic carbocycles. The zero-order valence-corrected chi connectivity index (χ0v) is 17.5. The predicted molar refractivity (Wildman–Crippen MR) is 121 cm³/mol. The van der Waals surface area contributed by atoms with Crippen molar-refractivity contribution in [3.63, 3.8) is 0 Å². The highest BCUT2D eigenvalue weighted by Gasteiger charge is 2.27. The summed E-state index contributed by atoms with van der Waals surface area (Å²) in [6.45, 7) is 1.17. The first-order chi connectivity index (χ1) is 15.1. The molecule has 1 aliphatic carbocycles. The monoisotopic (exact) mass is 413 g/mol. The van der Waals surface area contributed by atoms with Gasteiger partial charge in [0, 0.05) is 19.0 Å². The maximum atomic E-state index is 13.3. The molecule has 0 spiro atoms. The van der Waals surface area contributed by atoms with Crippen LogP contribution in [0, 0.1) is 5.92 Å². The van der Waals surface area contributed by atoms with Gasteiger partial charge in [-0.2, -0.15) is 0 Å². The van der Waals surface area contributed by atoms with Crippen LogP contribution >= 0.6 is 0 Å². The van der Waals surface area contributed by atoms with E-state index in [1.54, 1.807) is 12.1 Å². The van der Waals surface area contributed by atoms with Crippen molar-refractivity contribution in [2.24, 2.45) is 5.92 Å². The van der Waals surface area contributed by atoms with Gasteiger partial charge < -0.3 is 10.0 Å². The smallest absolute Gasteiger partial charge is 0.335 e. The quantitative estimate of drug-likeness (QED) is 0.535. The van der Waals surface area contributed by atoms with Crippen molar-refractivity contribution >= 4 is 11.9 Å². The molecule has 0 radical (unpaired) electrons. The molecule has 4 rings (SSSR count). The minimum absolute atomic E-state index is 0.135. The highest BCUT2D eigenvalue weighted by Crippen LogP contribution is 2.28. The number of rotatable bonds is 7. The summed E-state index contributed by atoms with van der Waals surface area (Å²) >= 11 is 0. The first-order valence-electron chi connectivity index (χ1n) is 10.9. The van der Waals surface area contributed by atoms with Gasteiger partial charge in [0.1, 0.15) is 0 Å². The predicted octanol–water partition coefficient (Wildman–Crippen LogP) is 5.77. The molecule has 0 bridgehead atoms. The van der Waals surface area contributed by atoms with Gasteiger partial charge in [-0.05, 0) is 53.3 Å². The van der Waals surface area contributed by atoms with E-state index in [2.05, 4.69) is 24.3 Å². The largest absolute Gasteiger partial charge is 0.478 e. The van der Waals surface area contributed by atoms with Crippen LogP contribution < -0.4 is 0 Å². The number of hydrogen-bond donors (Lipinski definition) is 1. The van der Waals surface area contributed by atoms with E-state index in [0.29, 0.717) is 13.1 Å². The number of benzene rings is 3. The van der Waals surface area contributed by atoms with Crippen molar-refractivity contribution in [1.82, 2.24) is 4.90 Å². The summed E-state index contributed by atoms with van der Waals surface area (Å²) in [4.78, 5) is 26.4. The molecular formula is C27H27NO3. The van der Waals surface area contributed by atoms with Gasteiger partial charge in [0.15, 0.2) is 0 Å². The lowest BCUT2D eigenvalue weighted by molar-refractivity contribution is -0.136. The minimum Gasteiger partial charge on any atom is -0.478 e. The molecule has 0 aromatic heterocycles. The number of carbonyl (C=O) groups is 2. The first kappa shape index (κ1) is 20.9. The Morgan fingerprint density at radius 3 is 2.10 bits per heavy atom. The third-order valence-corrected chi connectivity index (χ3v) is 6.00. The van der Waals surface area contributed by atoms with Gasteiger partial charge in [-0.15, -0.1) is 0 Å². The number of amides is 1. The van der Waals surface area contributed by atoms with Crippen molar-refractivity contribution in [3.8, 4) is 11.1 Å². The number of carbonyl (C=O) groups excluding carboxylic acids is 1. The molecule has 4 heteroatoms. The summed E-state index contributed by atoms with van der Waals surface area (Å²) in [5, 5.41) is 9.12. The van der Waals surface area contributed by atoms with Crippen molar-refractivity contribution in [2.75, 3.05) is 0 Å². The molecule has 31 heavy (non-hydrogen) atoms. The normalized spacial score (nSPS) is 13.8. The summed E-state index contributed by atoms with van der Waals surface area (Å²) in [6.07, 6.45) is 4.25. The van der Waals surface area contributed by atoms with Crippen LogP contribution in [0.4, 0.5) is 0 Å². The Morgan fingerprint density at radius 1 is 0.774 bits per heavy atom. The second kappa shape index (κ2) is 9.61. The fourth-order valence-corrected chi connectivity index (χ4v) is 4.32. The van der Waals surface area contributed by atoms with Crippen LogP contribution in [0.15, 0.2) is 78.9 Å². The Bertz CT molecular complexity index is 1040. The average molecular weight is 414 g/mol. The molecule has 1 N–H and O–H groups in total. The highest BCUT2D eigenvalue weighted by atomic mass is 16.4. The third kappa shape index (κ3) is 5.21. The maximum absolute atomic E-state index is 13.3. The van der Waals surface area contributed by atoms with Gasteiger partial charge in [-0.25, -0.2) is 4.79 Å². The molecule has 3 aromatic rings. The topological polar surface area (TPSA) is 57.6 Å². The van der Waals surface area contributed by atoms with Crippen LogP contribution in [0.25, 0.3) is 11.1 Å². The van der Waals surface area contributed by atoms with E-state index >= 15 is 0 Å². The van der Waals surface area contributed by atoms with E-state index in [-0.39, 0.29) is 17.4 Å². The lowest BCUT2D eigenvalue weighted by Crippen LogP contribution is -2.34. The zero-order chi connectivity index (χ0) is 21.6. The lowest BCUT2D eigenvalue weighted by Gasteiger charge is -2.26. The molecular weight excluding hydrogens is 386 g/mol. The van der Waals surface area contributed by atoms with E-state index in [1.165, 1.54) is 0 Å². The SMILES string of the molecule is O=C(O)c1ccc(-c2cccc(CN(Cc3ccccc3)C(=O)C3CCCC3)c2)cc1. The summed E-state index contributed by atoms with van der Waals surface area (Å²) in [5.41, 5.74) is 4.46. The van der Waals surface area contributed by atoms with E-state index < -0.39 is 5.97 Å². The average Bonchev–Trinajstić information content (AvgIpc) is 3.34. The van der Waals surface area contributed by atoms with E-state index in [9.17, 15) is 9.59 Å². The van der Waals surface area contributed by atoms with Gasteiger partial charge in [0.2, 0.25) is 5.91 Å². The Hall–Kier alpha value is -3.40. The third-order valence-electron chi connectivity index (χ3n) is 6.00. The molecule has 1 saturated carbocycles. The molecule has 4 nitrogen and oxygen atoms in total. The van der Waals surface area contributed by atoms with E-state index in [0.717, 1.165) is 47.9 Å². The molecule has 1 fully saturated rings. The van der Waals surface area contributed by atoms with Crippen molar-refractivity contribution in [3.05, 3.63) is 95.6 Å². The molecule has 158 valence electrons. The Balaban J connectivity index is 1.56. The molecule has 0 atom stereocenters. The van der Waals surface area contributed by atoms with Gasteiger partial charge in [0.05, 0.1) is 5.56 Å². The standard InChI is InChI=1S/C27H27NO3/c29-26(23-10-4-5-11-23)28(18-20-7-2-1-3-8-20)19-21-9-6-12-25(17-21)22-13-15-24(16-14-22)27(30)31/h1-3,6-9,12-17,23H,4-5,10-11,18-19H2,(H,30,31). The fourth-order valence-electron chi connectivity index (χ4n) is 4.32. The number of carboxylic acid groups (broad SMARTS) is 1. The summed E-state index contributed by atoms with van der Waals surface area (Å²) in [7, 11) is 0. The van der Waals surface area contributed by atoms with E-state index in [4.69, 9.17) is 5.11 Å². The maximum Gasteiger partial charge on any atom is 0.335 e. The van der Waals surface area contributed by atoms with Crippen LogP contribution in [-0.2, 0) is 17.9 Å². The molecule has 0 saturated heterocycles. The second-order valence-corrected chi connectivity index (χ2v) is 8.24. The molecule has 0 heterocycles. The van der Waals surface area contributed by atoms with Gasteiger partial charge >= 0.3 is 5.97 Å². The fraction of sp³-hybridized carbons (Fsp3) is 0.259. The van der Waals surface area contributed by atoms with Crippen molar-refractivity contribution in [1.29, 1.82) is 0 Å². The molecule has 0 unspecified atom stereocenters. The summed E-state index contributed by atoms with van der Waals surface area (Å²) in [6, 6.07) is 25.2. The van der Waals surface area contributed by atoms with E-state index in [1.807, 2.05) is 47.4 Å². The summed E-state index contributed by atoms with van der Waals surface area (Å²) < 4.78 is 0. The zero-order valence-electron chi connectivity index (χ0n) is 17.5. The van der Waals surface area contributed by atoms with Gasteiger partial charge in [0.25, 0.3) is 0 Å². The van der Waals surface area contributed by atoms with Gasteiger partial charge in [-0.3, -0.25) is 4.79 Å². The number of nitrogens with zero attached hydrogens (tertiary/aromatic N) is 1.